The second-order valence-corrected chi connectivity index (χ2v) is 2.67. The van der Waals surface area contributed by atoms with E-state index in [0.717, 1.165) is 5.56 Å². The third-order valence-electron chi connectivity index (χ3n) is 1.78. The van der Waals surface area contributed by atoms with Crippen LogP contribution in [0.3, 0.4) is 0 Å². The summed E-state index contributed by atoms with van der Waals surface area (Å²) in [5, 5.41) is 11.8. The minimum atomic E-state index is 0.394. The zero-order chi connectivity index (χ0) is 9.10. The molecule has 0 bridgehead atoms. The van der Waals surface area contributed by atoms with E-state index >= 15 is 0 Å². The number of nitrogens with zero attached hydrogens (tertiary/aromatic N) is 2. The predicted octanol–water partition coefficient (Wildman–Crippen LogP) is 1.76. The molecular weight excluding hydrogens is 162 g/mol. The lowest BCUT2D eigenvalue weighted by atomic mass is 10.2. The molecule has 13 heavy (non-hydrogen) atoms. The summed E-state index contributed by atoms with van der Waals surface area (Å²) in [4.78, 5) is 0. The highest BCUT2D eigenvalue weighted by atomic mass is 15.3. The van der Waals surface area contributed by atoms with Gasteiger partial charge in [0.05, 0.1) is 0 Å². The van der Waals surface area contributed by atoms with Gasteiger partial charge in [0.15, 0.2) is 5.84 Å². The van der Waals surface area contributed by atoms with Crippen molar-refractivity contribution in [3.63, 3.8) is 0 Å². The molecule has 1 aromatic carbocycles. The van der Waals surface area contributed by atoms with Crippen LogP contribution < -0.4 is 0 Å². The average Bonchev–Trinajstić information content (AvgIpc) is 2.71. The van der Waals surface area contributed by atoms with Crippen LogP contribution in [0.4, 0.5) is 0 Å². The minimum absolute atomic E-state index is 0.394. The van der Waals surface area contributed by atoms with E-state index in [2.05, 4.69) is 5.10 Å². The highest BCUT2D eigenvalue weighted by Gasteiger charge is 2.01. The molecule has 0 aliphatic heterocycles. The smallest absolute Gasteiger partial charge is 0.153 e. The van der Waals surface area contributed by atoms with Crippen molar-refractivity contribution in [2.45, 2.75) is 0 Å². The fraction of sp³-hybridized carbons (Fsp3) is 0. The summed E-state index contributed by atoms with van der Waals surface area (Å²) in [5.74, 6) is 0.394. The number of aromatic nitrogens is 2. The number of rotatable bonds is 1. The van der Waals surface area contributed by atoms with Gasteiger partial charge in [0.25, 0.3) is 0 Å². The first-order valence-electron chi connectivity index (χ1n) is 4.02. The molecule has 1 N–H and O–H groups in total. The lowest BCUT2D eigenvalue weighted by Gasteiger charge is -2.02. The topological polar surface area (TPSA) is 41.7 Å². The summed E-state index contributed by atoms with van der Waals surface area (Å²) in [6.45, 7) is 0. The zero-order valence-electron chi connectivity index (χ0n) is 7.01. The molecular formula is C10H9N3. The summed E-state index contributed by atoms with van der Waals surface area (Å²) in [7, 11) is 0. The lowest BCUT2D eigenvalue weighted by Crippen LogP contribution is -2.11. The van der Waals surface area contributed by atoms with Gasteiger partial charge in [-0.15, -0.1) is 0 Å². The van der Waals surface area contributed by atoms with Crippen molar-refractivity contribution >= 4 is 5.84 Å². The van der Waals surface area contributed by atoms with Crippen LogP contribution in [0.1, 0.15) is 5.56 Å². The maximum absolute atomic E-state index is 7.79. The molecule has 64 valence electrons. The SMILES string of the molecule is N=C(c1ccccc1)n1cccn1. The first-order chi connectivity index (χ1) is 6.38. The Kier molecular flexibility index (Phi) is 1.92. The molecule has 1 heterocycles. The van der Waals surface area contributed by atoms with Crippen LogP contribution in [-0.4, -0.2) is 15.6 Å². The first-order valence-corrected chi connectivity index (χ1v) is 4.02. The molecule has 0 radical (unpaired) electrons. The number of hydrogen-bond donors (Lipinski definition) is 1. The van der Waals surface area contributed by atoms with Gasteiger partial charge in [-0.1, -0.05) is 30.3 Å². The van der Waals surface area contributed by atoms with Gasteiger partial charge >= 0.3 is 0 Å². The van der Waals surface area contributed by atoms with Gasteiger partial charge in [-0.25, -0.2) is 4.68 Å². The molecule has 2 rings (SSSR count). The fourth-order valence-corrected chi connectivity index (χ4v) is 1.13. The summed E-state index contributed by atoms with van der Waals surface area (Å²) >= 11 is 0. The Morgan fingerprint density at radius 3 is 2.54 bits per heavy atom. The maximum Gasteiger partial charge on any atom is 0.153 e. The van der Waals surface area contributed by atoms with Crippen LogP contribution in [-0.2, 0) is 0 Å². The molecule has 1 aromatic heterocycles. The van der Waals surface area contributed by atoms with Crippen LogP contribution in [0.25, 0.3) is 0 Å². The molecule has 0 fully saturated rings. The van der Waals surface area contributed by atoms with Gasteiger partial charge in [0, 0.05) is 18.0 Å². The Balaban J connectivity index is 2.34. The standard InChI is InChI=1S/C10H9N3/c11-10(13-8-4-7-12-13)9-5-2-1-3-6-9/h1-8,11H. The second-order valence-electron chi connectivity index (χ2n) is 2.67. The molecule has 2 aromatic rings. The normalized spacial score (nSPS) is 9.85. The Hall–Kier alpha value is -1.90. The van der Waals surface area contributed by atoms with Crippen molar-refractivity contribution in [2.24, 2.45) is 0 Å². The lowest BCUT2D eigenvalue weighted by molar-refractivity contribution is 0.925. The van der Waals surface area contributed by atoms with Crippen LogP contribution >= 0.6 is 0 Å². The zero-order valence-corrected chi connectivity index (χ0v) is 7.01. The third-order valence-corrected chi connectivity index (χ3v) is 1.78. The van der Waals surface area contributed by atoms with Crippen molar-refractivity contribution in [1.82, 2.24) is 9.78 Å². The van der Waals surface area contributed by atoms with Crippen molar-refractivity contribution in [3.8, 4) is 0 Å². The Morgan fingerprint density at radius 2 is 1.92 bits per heavy atom. The summed E-state index contributed by atoms with van der Waals surface area (Å²) in [6, 6.07) is 11.3. The van der Waals surface area contributed by atoms with Gasteiger partial charge in [-0.3, -0.25) is 5.41 Å². The van der Waals surface area contributed by atoms with Gasteiger partial charge in [-0.05, 0) is 6.07 Å². The van der Waals surface area contributed by atoms with E-state index in [1.807, 2.05) is 30.3 Å². The van der Waals surface area contributed by atoms with E-state index in [0.29, 0.717) is 5.84 Å². The van der Waals surface area contributed by atoms with Crippen molar-refractivity contribution in [3.05, 3.63) is 54.4 Å². The van der Waals surface area contributed by atoms with Gasteiger partial charge in [-0.2, -0.15) is 5.10 Å². The van der Waals surface area contributed by atoms with Crippen molar-refractivity contribution in [2.75, 3.05) is 0 Å². The highest BCUT2D eigenvalue weighted by Crippen LogP contribution is 2.00. The van der Waals surface area contributed by atoms with E-state index in [-0.39, 0.29) is 0 Å². The quantitative estimate of drug-likeness (QED) is 0.515. The third kappa shape index (κ3) is 1.49. The molecule has 0 aliphatic rings. The molecule has 0 amide bonds. The minimum Gasteiger partial charge on any atom is -0.282 e. The maximum atomic E-state index is 7.79. The highest BCUT2D eigenvalue weighted by molar-refractivity contribution is 5.97. The fourth-order valence-electron chi connectivity index (χ4n) is 1.13. The molecule has 0 aliphatic carbocycles. The van der Waals surface area contributed by atoms with Crippen LogP contribution in [0.2, 0.25) is 0 Å². The number of hydrogen-bond acceptors (Lipinski definition) is 2. The van der Waals surface area contributed by atoms with E-state index in [4.69, 9.17) is 5.41 Å². The van der Waals surface area contributed by atoms with E-state index in [1.54, 1.807) is 18.5 Å². The Morgan fingerprint density at radius 1 is 1.15 bits per heavy atom. The largest absolute Gasteiger partial charge is 0.282 e. The van der Waals surface area contributed by atoms with E-state index in [1.165, 1.54) is 4.68 Å². The van der Waals surface area contributed by atoms with Gasteiger partial charge < -0.3 is 0 Å². The molecule has 3 nitrogen and oxygen atoms in total. The molecule has 3 heteroatoms. The summed E-state index contributed by atoms with van der Waals surface area (Å²) in [6.07, 6.45) is 3.42. The predicted molar refractivity (Wildman–Crippen MR) is 50.9 cm³/mol. The van der Waals surface area contributed by atoms with Crippen LogP contribution in [0.5, 0.6) is 0 Å². The number of nitrogens with one attached hydrogen (secondary N) is 1. The molecule has 0 saturated heterocycles. The Bertz CT molecular complexity index is 389. The Labute approximate surface area is 76.1 Å². The van der Waals surface area contributed by atoms with Crippen LogP contribution in [0, 0.1) is 5.41 Å². The van der Waals surface area contributed by atoms with Gasteiger partial charge in [0.1, 0.15) is 0 Å². The van der Waals surface area contributed by atoms with Crippen LogP contribution in [0.15, 0.2) is 48.8 Å². The van der Waals surface area contributed by atoms with Gasteiger partial charge in [0.2, 0.25) is 0 Å². The second kappa shape index (κ2) is 3.23. The van der Waals surface area contributed by atoms with Crippen molar-refractivity contribution in [1.29, 1.82) is 5.41 Å². The number of benzene rings is 1. The van der Waals surface area contributed by atoms with Crippen molar-refractivity contribution < 1.29 is 0 Å². The monoisotopic (exact) mass is 171 g/mol. The average molecular weight is 171 g/mol. The molecule has 0 atom stereocenters. The molecule has 0 spiro atoms. The molecule has 0 unspecified atom stereocenters. The van der Waals surface area contributed by atoms with E-state index < -0.39 is 0 Å². The summed E-state index contributed by atoms with van der Waals surface area (Å²) in [5.41, 5.74) is 0.867. The van der Waals surface area contributed by atoms with E-state index in [9.17, 15) is 0 Å². The molecule has 0 saturated carbocycles. The summed E-state index contributed by atoms with van der Waals surface area (Å²) < 4.78 is 1.54. The first kappa shape index (κ1) is 7.73.